The first kappa shape index (κ1) is 18.9. The summed E-state index contributed by atoms with van der Waals surface area (Å²) in [6.45, 7) is -0.322. The molecular formula is C18H17FN2O5. The summed E-state index contributed by atoms with van der Waals surface area (Å²) in [6.07, 6.45) is 2.58. The van der Waals surface area contributed by atoms with Crippen LogP contribution in [0, 0.1) is 5.82 Å². The predicted molar refractivity (Wildman–Crippen MR) is 92.5 cm³/mol. The largest absolute Gasteiger partial charge is 0.493 e. The minimum absolute atomic E-state index is 0.286. The fourth-order valence-electron chi connectivity index (χ4n) is 2.03. The van der Waals surface area contributed by atoms with Gasteiger partial charge in [0.25, 0.3) is 11.8 Å². The molecule has 2 rings (SSSR count). The van der Waals surface area contributed by atoms with E-state index >= 15 is 0 Å². The number of ether oxygens (including phenoxy) is 2. The van der Waals surface area contributed by atoms with Crippen LogP contribution in [-0.2, 0) is 9.59 Å². The molecule has 0 saturated carbocycles. The highest BCUT2D eigenvalue weighted by molar-refractivity contribution is 5.92. The number of rotatable bonds is 7. The lowest BCUT2D eigenvalue weighted by Crippen LogP contribution is -2.20. The van der Waals surface area contributed by atoms with Crippen LogP contribution in [0.25, 0.3) is 6.08 Å². The highest BCUT2D eigenvalue weighted by Gasteiger charge is 2.09. The molecular weight excluding hydrogens is 343 g/mol. The quantitative estimate of drug-likeness (QED) is 0.400. The standard InChI is InChI=1S/C18H17FN2O5/c1-25-15-7-5-12(6-8-17(22)21-24)9-16(15)26-11-18(23)20-14-4-2-3-13(19)10-14/h2-10,24H,11H2,1H3,(H,20,23)(H,21,22)/b8-6+. The molecule has 0 radical (unpaired) electrons. The van der Waals surface area contributed by atoms with Gasteiger partial charge in [-0.25, -0.2) is 9.87 Å². The fraction of sp³-hybridized carbons (Fsp3) is 0.111. The lowest BCUT2D eigenvalue weighted by molar-refractivity contribution is -0.124. The third-order valence-electron chi connectivity index (χ3n) is 3.19. The van der Waals surface area contributed by atoms with Gasteiger partial charge in [-0.3, -0.25) is 14.8 Å². The zero-order valence-corrected chi connectivity index (χ0v) is 13.9. The van der Waals surface area contributed by atoms with Gasteiger partial charge in [0.15, 0.2) is 18.1 Å². The van der Waals surface area contributed by atoms with Crippen molar-refractivity contribution in [1.29, 1.82) is 0 Å². The number of carbonyl (C=O) groups excluding carboxylic acids is 2. The molecule has 0 fully saturated rings. The Labute approximate surface area is 149 Å². The SMILES string of the molecule is COc1ccc(/C=C/C(=O)NO)cc1OCC(=O)Nc1cccc(F)c1. The van der Waals surface area contributed by atoms with E-state index in [4.69, 9.17) is 14.7 Å². The molecule has 136 valence electrons. The molecule has 2 aromatic rings. The molecule has 0 saturated heterocycles. The van der Waals surface area contributed by atoms with Crippen LogP contribution in [-0.4, -0.2) is 30.7 Å². The highest BCUT2D eigenvalue weighted by atomic mass is 19.1. The molecule has 0 aromatic heterocycles. The zero-order valence-electron chi connectivity index (χ0n) is 13.9. The van der Waals surface area contributed by atoms with E-state index in [1.807, 2.05) is 0 Å². The van der Waals surface area contributed by atoms with E-state index < -0.39 is 17.6 Å². The molecule has 0 bridgehead atoms. The molecule has 0 spiro atoms. The Morgan fingerprint density at radius 3 is 2.69 bits per heavy atom. The van der Waals surface area contributed by atoms with Crippen molar-refractivity contribution in [2.45, 2.75) is 0 Å². The van der Waals surface area contributed by atoms with Crippen LogP contribution in [0.2, 0.25) is 0 Å². The average Bonchev–Trinajstić information content (AvgIpc) is 2.64. The first-order valence-corrected chi connectivity index (χ1v) is 7.50. The molecule has 2 aromatic carbocycles. The zero-order chi connectivity index (χ0) is 18.9. The minimum atomic E-state index is -0.683. The van der Waals surface area contributed by atoms with E-state index in [0.29, 0.717) is 17.0 Å². The number of nitrogens with one attached hydrogen (secondary N) is 2. The topological polar surface area (TPSA) is 96.9 Å². The van der Waals surface area contributed by atoms with Crippen molar-refractivity contribution < 1.29 is 28.7 Å². The summed E-state index contributed by atoms with van der Waals surface area (Å²) in [6, 6.07) is 10.3. The molecule has 2 amide bonds. The van der Waals surface area contributed by atoms with Gasteiger partial charge in [0.2, 0.25) is 0 Å². The van der Waals surface area contributed by atoms with E-state index in [-0.39, 0.29) is 12.4 Å². The molecule has 7 nitrogen and oxygen atoms in total. The van der Waals surface area contributed by atoms with Crippen molar-refractivity contribution >= 4 is 23.6 Å². The van der Waals surface area contributed by atoms with Gasteiger partial charge in [-0.15, -0.1) is 0 Å². The first-order valence-electron chi connectivity index (χ1n) is 7.50. The molecule has 0 aliphatic carbocycles. The molecule has 0 unspecified atom stereocenters. The van der Waals surface area contributed by atoms with Gasteiger partial charge in [-0.1, -0.05) is 12.1 Å². The number of hydrogen-bond acceptors (Lipinski definition) is 5. The first-order chi connectivity index (χ1) is 12.5. The van der Waals surface area contributed by atoms with Gasteiger partial charge in [0.1, 0.15) is 5.82 Å². The predicted octanol–water partition coefficient (Wildman–Crippen LogP) is 2.37. The Hall–Kier alpha value is -3.39. The summed E-state index contributed by atoms with van der Waals surface area (Å²) in [4.78, 5) is 23.0. The maximum Gasteiger partial charge on any atom is 0.267 e. The summed E-state index contributed by atoms with van der Waals surface area (Å²) in [5.41, 5.74) is 2.39. The van der Waals surface area contributed by atoms with E-state index in [0.717, 1.165) is 6.08 Å². The van der Waals surface area contributed by atoms with Crippen LogP contribution in [0.3, 0.4) is 0 Å². The van der Waals surface area contributed by atoms with Crippen LogP contribution < -0.4 is 20.3 Å². The summed E-state index contributed by atoms with van der Waals surface area (Å²) in [5.74, 6) is -0.937. The highest BCUT2D eigenvalue weighted by Crippen LogP contribution is 2.28. The molecule has 8 heteroatoms. The number of methoxy groups -OCH3 is 1. The van der Waals surface area contributed by atoms with Crippen LogP contribution >= 0.6 is 0 Å². The van der Waals surface area contributed by atoms with Gasteiger partial charge in [0, 0.05) is 11.8 Å². The van der Waals surface area contributed by atoms with Gasteiger partial charge < -0.3 is 14.8 Å². The molecule has 3 N–H and O–H groups in total. The van der Waals surface area contributed by atoms with Crippen LogP contribution in [0.4, 0.5) is 10.1 Å². The number of benzene rings is 2. The second-order valence-corrected chi connectivity index (χ2v) is 5.07. The molecule has 0 aliphatic heterocycles. The molecule has 0 heterocycles. The summed E-state index contributed by atoms with van der Waals surface area (Å²) in [7, 11) is 1.45. The van der Waals surface area contributed by atoms with Crippen molar-refractivity contribution in [1.82, 2.24) is 5.48 Å². The van der Waals surface area contributed by atoms with Crippen molar-refractivity contribution in [3.8, 4) is 11.5 Å². The lowest BCUT2D eigenvalue weighted by atomic mass is 10.2. The van der Waals surface area contributed by atoms with Gasteiger partial charge in [-0.2, -0.15) is 0 Å². The Kier molecular flexibility index (Phi) is 6.69. The third kappa shape index (κ3) is 5.60. The van der Waals surface area contributed by atoms with E-state index in [1.165, 1.54) is 36.9 Å². The van der Waals surface area contributed by atoms with Crippen molar-refractivity contribution in [3.05, 3.63) is 59.9 Å². The van der Waals surface area contributed by atoms with Gasteiger partial charge >= 0.3 is 0 Å². The van der Waals surface area contributed by atoms with E-state index in [9.17, 15) is 14.0 Å². The summed E-state index contributed by atoms with van der Waals surface area (Å²) < 4.78 is 23.7. The fourth-order valence-corrected chi connectivity index (χ4v) is 2.03. The van der Waals surface area contributed by atoms with Crippen LogP contribution in [0.5, 0.6) is 11.5 Å². The van der Waals surface area contributed by atoms with E-state index in [2.05, 4.69) is 5.32 Å². The number of carbonyl (C=O) groups is 2. The Morgan fingerprint density at radius 1 is 1.19 bits per heavy atom. The van der Waals surface area contributed by atoms with Crippen LogP contribution in [0.1, 0.15) is 5.56 Å². The third-order valence-corrected chi connectivity index (χ3v) is 3.19. The molecule has 0 atom stereocenters. The average molecular weight is 360 g/mol. The maximum absolute atomic E-state index is 13.1. The van der Waals surface area contributed by atoms with Crippen molar-refractivity contribution in [2.24, 2.45) is 0 Å². The Bertz CT molecular complexity index is 823. The normalized spacial score (nSPS) is 10.4. The number of hydrogen-bond donors (Lipinski definition) is 3. The number of anilines is 1. The van der Waals surface area contributed by atoms with Gasteiger partial charge in [-0.05, 0) is 42.0 Å². The second kappa shape index (κ2) is 9.19. The Morgan fingerprint density at radius 2 is 2.00 bits per heavy atom. The van der Waals surface area contributed by atoms with Crippen molar-refractivity contribution in [3.63, 3.8) is 0 Å². The lowest BCUT2D eigenvalue weighted by Gasteiger charge is -2.11. The van der Waals surface area contributed by atoms with Crippen LogP contribution in [0.15, 0.2) is 48.5 Å². The second-order valence-electron chi connectivity index (χ2n) is 5.07. The summed E-state index contributed by atoms with van der Waals surface area (Å²) in [5, 5.41) is 11.0. The number of hydroxylamine groups is 1. The Balaban J connectivity index is 2.03. The summed E-state index contributed by atoms with van der Waals surface area (Å²) >= 11 is 0. The maximum atomic E-state index is 13.1. The van der Waals surface area contributed by atoms with Crippen molar-refractivity contribution in [2.75, 3.05) is 19.0 Å². The molecule has 0 aliphatic rings. The number of amides is 2. The molecule has 26 heavy (non-hydrogen) atoms. The smallest absolute Gasteiger partial charge is 0.267 e. The monoisotopic (exact) mass is 360 g/mol. The minimum Gasteiger partial charge on any atom is -0.493 e. The van der Waals surface area contributed by atoms with Gasteiger partial charge in [0.05, 0.1) is 7.11 Å². The van der Waals surface area contributed by atoms with E-state index in [1.54, 1.807) is 24.3 Å². The number of halogens is 1.